The van der Waals surface area contributed by atoms with Gasteiger partial charge in [-0.25, -0.2) is 0 Å². The fraction of sp³-hybridized carbons (Fsp3) is 0.458. The lowest BCUT2D eigenvalue weighted by atomic mass is 9.88. The quantitative estimate of drug-likeness (QED) is 0.450. The molecule has 0 aliphatic carbocycles. The number of guanidine groups is 1. The Morgan fingerprint density at radius 2 is 1.63 bits per heavy atom. The van der Waals surface area contributed by atoms with Crippen molar-refractivity contribution < 1.29 is 4.74 Å². The Morgan fingerprint density at radius 1 is 1.00 bits per heavy atom. The zero-order chi connectivity index (χ0) is 21.4. The Kier molecular flexibility index (Phi) is 8.14. The summed E-state index contributed by atoms with van der Waals surface area (Å²) in [5.74, 6) is 0.789. The highest BCUT2D eigenvalue weighted by molar-refractivity contribution is 6.30. The van der Waals surface area contributed by atoms with Gasteiger partial charge in [-0.2, -0.15) is 0 Å². The number of aliphatic imine (C=N–C) groups is 1. The van der Waals surface area contributed by atoms with E-state index in [0.717, 1.165) is 43.6 Å². The predicted molar refractivity (Wildman–Crippen MR) is 125 cm³/mol. The van der Waals surface area contributed by atoms with Crippen molar-refractivity contribution >= 4 is 17.6 Å². The van der Waals surface area contributed by atoms with E-state index < -0.39 is 0 Å². The Hall–Kier alpha value is -2.08. The topological polar surface area (TPSA) is 57.7 Å². The molecule has 2 unspecified atom stereocenters. The Labute approximate surface area is 185 Å². The molecule has 1 saturated heterocycles. The maximum Gasteiger partial charge on any atom is 0.191 e. The number of rotatable bonds is 7. The average molecular weight is 429 g/mol. The van der Waals surface area contributed by atoms with E-state index >= 15 is 0 Å². The van der Waals surface area contributed by atoms with Gasteiger partial charge in [0.1, 0.15) is 0 Å². The Morgan fingerprint density at radius 3 is 2.27 bits per heavy atom. The van der Waals surface area contributed by atoms with Crippen LogP contribution in [0.1, 0.15) is 49.9 Å². The molecule has 0 radical (unpaired) electrons. The molecule has 2 aromatic carbocycles. The molecule has 5 nitrogen and oxygen atoms in total. The standard InChI is InChI=1S/C24H33ClN4O/c1-18(21-9-11-22(25)12-10-21)28-23(26-3)27-17-24(13-15-30-16-14-24)29-19(2)20-7-5-4-6-8-20/h4-12,18-19,29H,13-17H2,1-3H3,(H2,26,27,28). The van der Waals surface area contributed by atoms with Gasteiger partial charge in [-0.3, -0.25) is 4.99 Å². The highest BCUT2D eigenvalue weighted by atomic mass is 35.5. The minimum atomic E-state index is -0.0470. The van der Waals surface area contributed by atoms with Crippen molar-refractivity contribution in [3.8, 4) is 0 Å². The fourth-order valence-corrected chi connectivity index (χ4v) is 4.03. The van der Waals surface area contributed by atoms with Crippen molar-refractivity contribution in [2.75, 3.05) is 26.8 Å². The summed E-state index contributed by atoms with van der Waals surface area (Å²) in [5.41, 5.74) is 2.41. The van der Waals surface area contributed by atoms with Crippen LogP contribution in [-0.4, -0.2) is 38.3 Å². The number of benzene rings is 2. The van der Waals surface area contributed by atoms with Crippen molar-refractivity contribution in [3.05, 3.63) is 70.7 Å². The SMILES string of the molecule is CN=C(NCC1(NC(C)c2ccccc2)CCOCC1)NC(C)c1ccc(Cl)cc1. The van der Waals surface area contributed by atoms with Crippen LogP contribution in [0.4, 0.5) is 0 Å². The number of ether oxygens (including phenoxy) is 1. The Balaban J connectivity index is 1.63. The third-order valence-electron chi connectivity index (χ3n) is 5.81. The minimum Gasteiger partial charge on any atom is -0.381 e. The van der Waals surface area contributed by atoms with Gasteiger partial charge in [0.05, 0.1) is 6.04 Å². The average Bonchev–Trinajstić information content (AvgIpc) is 2.78. The molecule has 1 fully saturated rings. The lowest BCUT2D eigenvalue weighted by Crippen LogP contribution is -2.58. The van der Waals surface area contributed by atoms with E-state index in [1.807, 2.05) is 24.3 Å². The maximum absolute atomic E-state index is 6.01. The number of hydrogen-bond acceptors (Lipinski definition) is 3. The van der Waals surface area contributed by atoms with Gasteiger partial charge in [-0.05, 0) is 49.9 Å². The highest BCUT2D eigenvalue weighted by Gasteiger charge is 2.34. The van der Waals surface area contributed by atoms with Crippen LogP contribution in [0, 0.1) is 0 Å². The first kappa shape index (κ1) is 22.6. The van der Waals surface area contributed by atoms with Crippen LogP contribution in [0.5, 0.6) is 0 Å². The monoisotopic (exact) mass is 428 g/mol. The van der Waals surface area contributed by atoms with Gasteiger partial charge in [0.2, 0.25) is 0 Å². The van der Waals surface area contributed by atoms with Crippen LogP contribution in [0.15, 0.2) is 59.6 Å². The van der Waals surface area contributed by atoms with Gasteiger partial charge in [-0.1, -0.05) is 54.1 Å². The molecule has 30 heavy (non-hydrogen) atoms. The molecule has 2 aromatic rings. The van der Waals surface area contributed by atoms with Crippen molar-refractivity contribution in [2.24, 2.45) is 4.99 Å². The fourth-order valence-electron chi connectivity index (χ4n) is 3.91. The summed E-state index contributed by atoms with van der Waals surface area (Å²) in [7, 11) is 1.81. The molecule has 1 aliphatic heterocycles. The molecule has 2 atom stereocenters. The summed E-state index contributed by atoms with van der Waals surface area (Å²) >= 11 is 6.01. The van der Waals surface area contributed by atoms with Gasteiger partial charge in [0, 0.05) is 43.4 Å². The van der Waals surface area contributed by atoms with Crippen LogP contribution < -0.4 is 16.0 Å². The first-order valence-electron chi connectivity index (χ1n) is 10.6. The molecule has 6 heteroatoms. The number of halogens is 1. The number of hydrogen-bond donors (Lipinski definition) is 3. The van der Waals surface area contributed by atoms with Crippen molar-refractivity contribution in [3.63, 3.8) is 0 Å². The highest BCUT2D eigenvalue weighted by Crippen LogP contribution is 2.25. The number of nitrogens with zero attached hydrogens (tertiary/aromatic N) is 1. The third kappa shape index (κ3) is 6.21. The van der Waals surface area contributed by atoms with E-state index in [4.69, 9.17) is 16.3 Å². The third-order valence-corrected chi connectivity index (χ3v) is 6.07. The zero-order valence-corrected chi connectivity index (χ0v) is 18.9. The Bertz CT molecular complexity index is 804. The second-order valence-electron chi connectivity index (χ2n) is 8.01. The molecular formula is C24H33ClN4O. The van der Waals surface area contributed by atoms with Gasteiger partial charge >= 0.3 is 0 Å². The summed E-state index contributed by atoms with van der Waals surface area (Å²) in [6.45, 7) is 6.66. The summed E-state index contributed by atoms with van der Waals surface area (Å²) in [4.78, 5) is 4.43. The van der Waals surface area contributed by atoms with Gasteiger partial charge in [-0.15, -0.1) is 0 Å². The maximum atomic E-state index is 6.01. The molecule has 0 bridgehead atoms. The molecule has 0 amide bonds. The van der Waals surface area contributed by atoms with Crippen LogP contribution in [0.2, 0.25) is 5.02 Å². The van der Waals surface area contributed by atoms with Gasteiger partial charge in [0.15, 0.2) is 5.96 Å². The van der Waals surface area contributed by atoms with Crippen molar-refractivity contribution in [2.45, 2.75) is 44.3 Å². The summed E-state index contributed by atoms with van der Waals surface area (Å²) in [6, 6.07) is 18.9. The van der Waals surface area contributed by atoms with Crippen LogP contribution in [0.25, 0.3) is 0 Å². The minimum absolute atomic E-state index is 0.0470. The molecule has 162 valence electrons. The summed E-state index contributed by atoms with van der Waals surface area (Å²) < 4.78 is 5.65. The van der Waals surface area contributed by atoms with E-state index in [0.29, 0.717) is 0 Å². The first-order chi connectivity index (χ1) is 14.5. The molecule has 3 N–H and O–H groups in total. The lowest BCUT2D eigenvalue weighted by molar-refractivity contribution is 0.0354. The summed E-state index contributed by atoms with van der Waals surface area (Å²) in [6.07, 6.45) is 1.92. The molecule has 0 saturated carbocycles. The lowest BCUT2D eigenvalue weighted by Gasteiger charge is -2.41. The van der Waals surface area contributed by atoms with Crippen molar-refractivity contribution in [1.29, 1.82) is 0 Å². The second kappa shape index (κ2) is 10.8. The predicted octanol–water partition coefficient (Wildman–Crippen LogP) is 4.47. The van der Waals surface area contributed by atoms with E-state index in [2.05, 4.69) is 65.1 Å². The zero-order valence-electron chi connectivity index (χ0n) is 18.1. The van der Waals surface area contributed by atoms with E-state index in [1.165, 1.54) is 11.1 Å². The van der Waals surface area contributed by atoms with Crippen LogP contribution in [0.3, 0.4) is 0 Å². The van der Waals surface area contributed by atoms with Crippen LogP contribution in [-0.2, 0) is 4.74 Å². The second-order valence-corrected chi connectivity index (χ2v) is 8.45. The molecule has 0 aromatic heterocycles. The van der Waals surface area contributed by atoms with E-state index in [9.17, 15) is 0 Å². The largest absolute Gasteiger partial charge is 0.381 e. The normalized spacial score (nSPS) is 18.5. The molecular weight excluding hydrogens is 396 g/mol. The smallest absolute Gasteiger partial charge is 0.191 e. The molecule has 1 heterocycles. The van der Waals surface area contributed by atoms with Gasteiger partial charge in [0.25, 0.3) is 0 Å². The summed E-state index contributed by atoms with van der Waals surface area (Å²) in [5, 5.41) is 11.6. The molecule has 1 aliphatic rings. The molecule has 0 spiro atoms. The number of nitrogens with one attached hydrogen (secondary N) is 3. The molecule has 3 rings (SSSR count). The first-order valence-corrected chi connectivity index (χ1v) is 11.0. The van der Waals surface area contributed by atoms with Gasteiger partial charge < -0.3 is 20.7 Å². The van der Waals surface area contributed by atoms with Crippen molar-refractivity contribution in [1.82, 2.24) is 16.0 Å². The van der Waals surface area contributed by atoms with E-state index in [-0.39, 0.29) is 17.6 Å². The van der Waals surface area contributed by atoms with Crippen LogP contribution >= 0.6 is 11.6 Å². The van der Waals surface area contributed by atoms with E-state index in [1.54, 1.807) is 7.05 Å².